The predicted molar refractivity (Wildman–Crippen MR) is 9.94 cm³/mol. The monoisotopic (exact) mass is 206 g/mol. The first-order chi connectivity index (χ1) is 0. The van der Waals surface area contributed by atoms with Gasteiger partial charge in [-0.25, -0.2) is 0 Å². The molecule has 0 aliphatic carbocycles. The molecule has 0 unspecified atom stereocenters. The summed E-state index contributed by atoms with van der Waals surface area (Å²) in [6, 6.07) is 0. The van der Waals surface area contributed by atoms with E-state index in [2.05, 4.69) is 0 Å². The Morgan fingerprint density at radius 2 is 0.750 bits per heavy atom. The summed E-state index contributed by atoms with van der Waals surface area (Å²) in [6.07, 6.45) is 0. The minimum atomic E-state index is 0. The smallest absolute Gasteiger partial charge is 0 e. The Bertz CT molecular complexity index is 6.00. The summed E-state index contributed by atoms with van der Waals surface area (Å²) in [7, 11) is 0. The van der Waals surface area contributed by atoms with E-state index in [1.807, 2.05) is 0 Å². The van der Waals surface area contributed by atoms with E-state index in [1.54, 1.807) is 0 Å². The van der Waals surface area contributed by atoms with Gasteiger partial charge in [0, 0.05) is 50.0 Å². The van der Waals surface area contributed by atoms with E-state index in [9.17, 15) is 0 Å². The van der Waals surface area contributed by atoms with Crippen molar-refractivity contribution in [2.45, 2.75) is 0 Å². The Morgan fingerprint density at radius 1 is 0.750 bits per heavy atom. The Balaban J connectivity index is 0. The Kier molecular flexibility index (Phi) is 182. The molecule has 0 saturated heterocycles. The molecular weight excluding hydrogens is 204 g/mol. The molecule has 0 aromatic heterocycles. The molecule has 0 spiro atoms. The van der Waals surface area contributed by atoms with Crippen LogP contribution in [0.2, 0.25) is 0 Å². The maximum absolute atomic E-state index is 0. The molecule has 0 amide bonds. The van der Waals surface area contributed by atoms with Crippen LogP contribution < -0.4 is 0 Å². The average molecular weight is 207 g/mol. The minimum Gasteiger partial charge on any atom is 0 e. The second-order valence-corrected chi connectivity index (χ2v) is 0. The van der Waals surface area contributed by atoms with E-state index in [0.717, 1.165) is 0 Å². The van der Waals surface area contributed by atoms with Crippen LogP contribution in [-0.4, -0.2) is 17.4 Å². The first-order valence-electron chi connectivity index (χ1n) is 0. The zero-order valence-corrected chi connectivity index (χ0v) is 4.05. The fourth-order valence-electron chi connectivity index (χ4n) is 0. The molecule has 0 heterocycles. The average Bonchev–Trinajstić information content (AvgIpc) is 0. The first-order valence-corrected chi connectivity index (χ1v) is 0. The van der Waals surface area contributed by atoms with Gasteiger partial charge in [0.05, 0.1) is 0 Å². The molecule has 2 radical (unpaired) electrons. The number of hydrogen-bond acceptors (Lipinski definition) is 0. The molecule has 4 heteroatoms. The van der Waals surface area contributed by atoms with E-state index in [-0.39, 0.29) is 67.4 Å². The van der Waals surface area contributed by atoms with Crippen LogP contribution in [-0.2, 0) is 50.0 Å². The molecule has 0 rings (SSSR count). The summed E-state index contributed by atoms with van der Waals surface area (Å²) >= 11 is 0. The van der Waals surface area contributed by atoms with Gasteiger partial charge >= 0.3 is 0 Å². The molecule has 0 aromatic rings. The van der Waals surface area contributed by atoms with E-state index in [1.165, 1.54) is 0 Å². The molecule has 34 valence electrons. The third-order valence-corrected chi connectivity index (χ3v) is 0. The van der Waals surface area contributed by atoms with Crippen LogP contribution in [0.4, 0.5) is 0 Å². The largest absolute Gasteiger partial charge is 0.187 e. The zero-order chi connectivity index (χ0) is 0. The van der Waals surface area contributed by atoms with Crippen molar-refractivity contribution in [3.05, 3.63) is 0 Å². The van der Waals surface area contributed by atoms with Gasteiger partial charge in [-0.1, -0.05) is 0 Å². The quantitative estimate of drug-likeness (QED) is 0.437. The van der Waals surface area contributed by atoms with Crippen molar-refractivity contribution in [3.63, 3.8) is 0 Å². The first kappa shape index (κ1) is 36.9. The molecule has 0 bridgehead atoms. The van der Waals surface area contributed by atoms with Crippen molar-refractivity contribution in [2.24, 2.45) is 0 Å². The Morgan fingerprint density at radius 3 is 0.750 bits per heavy atom. The van der Waals surface area contributed by atoms with E-state index in [4.69, 9.17) is 0 Å². The minimum absolute atomic E-state index is 0. The summed E-state index contributed by atoms with van der Waals surface area (Å²) in [6.45, 7) is 0. The molecule has 0 aromatic carbocycles. The van der Waals surface area contributed by atoms with Crippen LogP contribution >= 0.6 is 0 Å². The van der Waals surface area contributed by atoms with Gasteiger partial charge in [0.2, 0.25) is 0 Å². The molecule has 0 N–H and O–H groups in total. The molecule has 0 atom stereocenters. The van der Waals surface area contributed by atoms with Gasteiger partial charge in [-0.2, -0.15) is 0 Å². The molecule has 4 heavy (non-hydrogen) atoms. The van der Waals surface area contributed by atoms with Crippen LogP contribution in [0.25, 0.3) is 0 Å². The molecular formula is H3AlCo2Ni. The second kappa shape index (κ2) is 19.8. The number of hydrogen-bond donors (Lipinski definition) is 0. The molecule has 0 saturated carbocycles. The maximum atomic E-state index is 0. The van der Waals surface area contributed by atoms with Crippen molar-refractivity contribution in [2.75, 3.05) is 0 Å². The van der Waals surface area contributed by atoms with Crippen LogP contribution in [0.15, 0.2) is 0 Å². The summed E-state index contributed by atoms with van der Waals surface area (Å²) in [5.41, 5.74) is 0. The SMILES string of the molecule is [AlH3].[Co].[Co].[Ni]. The molecule has 0 nitrogen and oxygen atoms in total. The van der Waals surface area contributed by atoms with Gasteiger partial charge in [0.25, 0.3) is 0 Å². The summed E-state index contributed by atoms with van der Waals surface area (Å²) in [4.78, 5) is 0. The molecule has 0 aliphatic heterocycles. The predicted octanol–water partition coefficient (Wildman–Crippen LogP) is -1.19. The van der Waals surface area contributed by atoms with Gasteiger partial charge in [-0.3, -0.25) is 0 Å². The summed E-state index contributed by atoms with van der Waals surface area (Å²) < 4.78 is 0. The van der Waals surface area contributed by atoms with Crippen LogP contribution in [0.3, 0.4) is 0 Å². The van der Waals surface area contributed by atoms with Crippen molar-refractivity contribution in [3.8, 4) is 0 Å². The maximum Gasteiger partial charge on any atom is 0.187 e. The molecule has 0 fully saturated rings. The second-order valence-electron chi connectivity index (χ2n) is 0. The van der Waals surface area contributed by atoms with Crippen LogP contribution in [0.5, 0.6) is 0 Å². The standard InChI is InChI=1S/Al.2Co.Ni.3H. The van der Waals surface area contributed by atoms with Crippen LogP contribution in [0.1, 0.15) is 0 Å². The van der Waals surface area contributed by atoms with Crippen molar-refractivity contribution in [1.29, 1.82) is 0 Å². The van der Waals surface area contributed by atoms with E-state index < -0.39 is 0 Å². The van der Waals surface area contributed by atoms with Gasteiger partial charge in [-0.05, 0) is 0 Å². The summed E-state index contributed by atoms with van der Waals surface area (Å²) in [5.74, 6) is 0. The van der Waals surface area contributed by atoms with Gasteiger partial charge in [0.1, 0.15) is 0 Å². The fourth-order valence-corrected chi connectivity index (χ4v) is 0. The van der Waals surface area contributed by atoms with Gasteiger partial charge in [0.15, 0.2) is 17.4 Å². The van der Waals surface area contributed by atoms with Gasteiger partial charge in [-0.15, -0.1) is 0 Å². The molecule has 0 aliphatic rings. The topological polar surface area (TPSA) is 0 Å². The van der Waals surface area contributed by atoms with Crippen molar-refractivity contribution >= 4 is 17.4 Å². The summed E-state index contributed by atoms with van der Waals surface area (Å²) in [5, 5.41) is 0. The van der Waals surface area contributed by atoms with Crippen molar-refractivity contribution in [1.82, 2.24) is 0 Å². The van der Waals surface area contributed by atoms with Crippen LogP contribution in [0, 0.1) is 0 Å². The fraction of sp³-hybridized carbons (Fsp3) is 0. The van der Waals surface area contributed by atoms with Crippen molar-refractivity contribution < 1.29 is 50.0 Å². The Labute approximate surface area is 66.9 Å². The number of rotatable bonds is 0. The normalized spacial score (nSPS) is 0. The van der Waals surface area contributed by atoms with E-state index in [0.29, 0.717) is 0 Å². The third kappa shape index (κ3) is 8.97. The third-order valence-electron chi connectivity index (χ3n) is 0. The van der Waals surface area contributed by atoms with E-state index >= 15 is 0 Å². The Hall–Kier alpha value is 2.04. The van der Waals surface area contributed by atoms with Gasteiger partial charge < -0.3 is 0 Å². The zero-order valence-electron chi connectivity index (χ0n) is 0.983.